The van der Waals surface area contributed by atoms with E-state index in [1.165, 1.54) is 6.92 Å². The predicted octanol–water partition coefficient (Wildman–Crippen LogP) is 5.92. The van der Waals surface area contributed by atoms with Gasteiger partial charge in [-0.05, 0) is 35.0 Å². The molecule has 1 heterocycles. The number of methoxy groups -OCH3 is 1. The number of halogens is 10. The van der Waals surface area contributed by atoms with Crippen molar-refractivity contribution in [3.8, 4) is 0 Å². The number of anilines is 2. The molecule has 0 spiro atoms. The van der Waals surface area contributed by atoms with E-state index in [-0.39, 0.29) is 29.7 Å². The molecule has 0 saturated heterocycles. The first-order chi connectivity index (χ1) is 17.4. The van der Waals surface area contributed by atoms with E-state index < -0.39 is 75.8 Å². The Kier molecular flexibility index (Phi) is 9.30. The number of rotatable bonds is 8. The molecule has 1 aromatic heterocycles. The van der Waals surface area contributed by atoms with Crippen LogP contribution in [0, 0.1) is 0 Å². The topological polar surface area (TPSA) is 73.7 Å². The van der Waals surface area contributed by atoms with Crippen LogP contribution >= 0.6 is 15.9 Å². The van der Waals surface area contributed by atoms with Gasteiger partial charge in [0.1, 0.15) is 0 Å². The second-order valence-corrected chi connectivity index (χ2v) is 8.03. The third kappa shape index (κ3) is 6.67. The lowest BCUT2D eigenvalue weighted by atomic mass is 10.1. The van der Waals surface area contributed by atoms with Gasteiger partial charge in [-0.2, -0.15) is 39.5 Å². The molecule has 1 atom stereocenters. The normalized spacial score (nSPS) is 13.3. The zero-order chi connectivity index (χ0) is 29.2. The van der Waals surface area contributed by atoms with Crippen LogP contribution in [0.4, 0.5) is 51.1 Å². The number of carbonyl (C=O) groups is 1. The lowest BCUT2D eigenvalue weighted by Gasteiger charge is -2.33. The average Bonchev–Trinajstić information content (AvgIpc) is 2.77. The monoisotopic (exact) mass is 625 g/mol. The molecule has 0 aliphatic heterocycles. The largest absolute Gasteiger partial charge is 0.463 e. The Balaban J connectivity index is 3.17. The number of ether oxygens (including phenoxy) is 2. The first-order valence-corrected chi connectivity index (χ1v) is 10.9. The average molecular weight is 626 g/mol. The second kappa shape index (κ2) is 11.3. The van der Waals surface area contributed by atoms with Crippen molar-refractivity contribution in [3.05, 3.63) is 62.5 Å². The number of allylic oxidation sites excluding steroid dienone is 1. The van der Waals surface area contributed by atoms with Crippen molar-refractivity contribution in [2.45, 2.75) is 38.2 Å². The van der Waals surface area contributed by atoms with Gasteiger partial charge in [-0.25, -0.2) is 9.78 Å². The molecule has 0 saturated carbocycles. The van der Waals surface area contributed by atoms with Crippen LogP contribution in [0.5, 0.6) is 0 Å². The Hall–Kier alpha value is -3.08. The van der Waals surface area contributed by atoms with Crippen molar-refractivity contribution in [3.63, 3.8) is 0 Å². The third-order valence-electron chi connectivity index (χ3n) is 4.70. The highest BCUT2D eigenvalue weighted by atomic mass is 79.9. The molecule has 0 amide bonds. The molecule has 0 aliphatic rings. The summed E-state index contributed by atoms with van der Waals surface area (Å²) in [5.74, 6) is -2.61. The highest BCUT2D eigenvalue weighted by Gasteiger charge is 2.43. The summed E-state index contributed by atoms with van der Waals surface area (Å²) in [7, 11) is 0.782. The molecule has 0 bridgehead atoms. The molecule has 1 unspecified atom stereocenters. The van der Waals surface area contributed by atoms with Crippen LogP contribution in [0.25, 0.3) is 0 Å². The van der Waals surface area contributed by atoms with Crippen molar-refractivity contribution in [2.24, 2.45) is 0 Å². The van der Waals surface area contributed by atoms with Gasteiger partial charge in [-0.15, -0.1) is 6.58 Å². The van der Waals surface area contributed by atoms with Crippen LogP contribution in [0.3, 0.4) is 0 Å². The van der Waals surface area contributed by atoms with E-state index >= 15 is 0 Å². The van der Waals surface area contributed by atoms with Crippen LogP contribution in [0.2, 0.25) is 0 Å². The van der Waals surface area contributed by atoms with Gasteiger partial charge in [-0.1, -0.05) is 6.08 Å². The zero-order valence-corrected chi connectivity index (χ0v) is 20.8. The fourth-order valence-electron chi connectivity index (χ4n) is 3.14. The van der Waals surface area contributed by atoms with Crippen molar-refractivity contribution in [2.75, 3.05) is 18.6 Å². The highest BCUT2D eigenvalue weighted by molar-refractivity contribution is 9.10. The van der Waals surface area contributed by atoms with Gasteiger partial charge in [0.25, 0.3) is 5.56 Å². The summed E-state index contributed by atoms with van der Waals surface area (Å²) >= 11 is 2.55. The summed E-state index contributed by atoms with van der Waals surface area (Å²) in [4.78, 5) is 28.7. The van der Waals surface area contributed by atoms with Crippen LogP contribution in [-0.2, 0) is 39.3 Å². The van der Waals surface area contributed by atoms with Crippen molar-refractivity contribution >= 4 is 33.5 Å². The molecule has 210 valence electrons. The second-order valence-electron chi connectivity index (χ2n) is 7.24. The summed E-state index contributed by atoms with van der Waals surface area (Å²) < 4.78 is 132. The number of hydrogen-bond donors (Lipinski definition) is 0. The summed E-state index contributed by atoms with van der Waals surface area (Å²) in [5, 5.41) is 0. The minimum absolute atomic E-state index is 0.0552. The third-order valence-corrected chi connectivity index (χ3v) is 5.53. The van der Waals surface area contributed by atoms with Crippen molar-refractivity contribution in [1.29, 1.82) is 0 Å². The molecule has 0 N–H and O–H groups in total. The van der Waals surface area contributed by atoms with E-state index in [0.29, 0.717) is 4.57 Å². The predicted molar refractivity (Wildman–Crippen MR) is 117 cm³/mol. The standard InChI is InChI=1S/C21H17BrF9N3O4/c1-4-6-33-14(35)9-13(21(29,30)31)32-18(33)34(16(37-3)17(36)38-5-2)12-8-10(19(23,24)25)7-11(15(12)22)20(26,27)28/h4,7-9,16H,1,5-6H2,2-3H3. The van der Waals surface area contributed by atoms with E-state index in [1.807, 2.05) is 0 Å². The molecular formula is C21H17BrF9N3O4. The van der Waals surface area contributed by atoms with E-state index in [9.17, 15) is 49.1 Å². The van der Waals surface area contributed by atoms with Crippen LogP contribution in [0.15, 0.2) is 40.1 Å². The van der Waals surface area contributed by atoms with E-state index in [1.54, 1.807) is 0 Å². The first-order valence-electron chi connectivity index (χ1n) is 10.1. The molecule has 2 rings (SSSR count). The Morgan fingerprint density at radius 1 is 1.11 bits per heavy atom. The Morgan fingerprint density at radius 3 is 2.16 bits per heavy atom. The zero-order valence-electron chi connectivity index (χ0n) is 19.3. The van der Waals surface area contributed by atoms with Gasteiger partial charge in [-0.3, -0.25) is 14.3 Å². The molecule has 0 radical (unpaired) electrons. The van der Waals surface area contributed by atoms with E-state index in [0.717, 1.165) is 13.2 Å². The quantitative estimate of drug-likeness (QED) is 0.157. The SMILES string of the molecule is C=CCn1c(N(c2cc(C(F)(F)F)cc(C(F)(F)F)c2Br)C(OC)C(=O)OCC)nc(C(F)(F)F)cc1=O. The number of nitrogens with zero attached hydrogens (tertiary/aromatic N) is 3. The first kappa shape index (κ1) is 31.1. The number of alkyl halides is 9. The summed E-state index contributed by atoms with van der Waals surface area (Å²) in [6.07, 6.45) is -17.4. The minimum atomic E-state index is -5.41. The number of aromatic nitrogens is 2. The van der Waals surface area contributed by atoms with Crippen LogP contribution in [0.1, 0.15) is 23.7 Å². The number of carbonyl (C=O) groups excluding carboxylic acids is 1. The van der Waals surface area contributed by atoms with E-state index in [4.69, 9.17) is 9.47 Å². The van der Waals surface area contributed by atoms with Crippen molar-refractivity contribution in [1.82, 2.24) is 9.55 Å². The Morgan fingerprint density at radius 2 is 1.71 bits per heavy atom. The van der Waals surface area contributed by atoms with E-state index in [2.05, 4.69) is 27.5 Å². The summed E-state index contributed by atoms with van der Waals surface area (Å²) in [6, 6.07) is -0.0662. The molecule has 2 aromatic rings. The summed E-state index contributed by atoms with van der Waals surface area (Å²) in [6.45, 7) is 3.65. The summed E-state index contributed by atoms with van der Waals surface area (Å²) in [5.41, 5.74) is -8.19. The molecule has 7 nitrogen and oxygen atoms in total. The van der Waals surface area contributed by atoms with Crippen LogP contribution in [-0.4, -0.2) is 35.5 Å². The lowest BCUT2D eigenvalue weighted by Crippen LogP contribution is -2.44. The smallest absolute Gasteiger partial charge is 0.433 e. The molecule has 0 aliphatic carbocycles. The maximum atomic E-state index is 13.7. The Bertz CT molecular complexity index is 1260. The fourth-order valence-corrected chi connectivity index (χ4v) is 3.78. The number of hydrogen-bond acceptors (Lipinski definition) is 6. The number of esters is 1. The molecule has 17 heteroatoms. The molecule has 1 aromatic carbocycles. The highest BCUT2D eigenvalue weighted by Crippen LogP contribution is 2.46. The molecule has 0 fully saturated rings. The molecular weight excluding hydrogens is 609 g/mol. The lowest BCUT2D eigenvalue weighted by molar-refractivity contribution is -0.154. The maximum absolute atomic E-state index is 13.7. The number of benzene rings is 1. The van der Waals surface area contributed by atoms with Gasteiger partial charge in [0.15, 0.2) is 5.69 Å². The maximum Gasteiger partial charge on any atom is 0.433 e. The molecule has 38 heavy (non-hydrogen) atoms. The van der Waals surface area contributed by atoms with Gasteiger partial charge in [0, 0.05) is 19.7 Å². The van der Waals surface area contributed by atoms with Gasteiger partial charge < -0.3 is 9.47 Å². The van der Waals surface area contributed by atoms with Gasteiger partial charge >= 0.3 is 24.5 Å². The fraction of sp³-hybridized carbons (Fsp3) is 0.381. The minimum Gasteiger partial charge on any atom is -0.463 e. The van der Waals surface area contributed by atoms with Crippen LogP contribution < -0.4 is 10.5 Å². The van der Waals surface area contributed by atoms with Crippen molar-refractivity contribution < 1.29 is 53.8 Å². The van der Waals surface area contributed by atoms with Gasteiger partial charge in [0.2, 0.25) is 12.2 Å². The Labute approximate surface area is 216 Å². The van der Waals surface area contributed by atoms with Gasteiger partial charge in [0.05, 0.1) is 27.9 Å².